The molecule has 21 heavy (non-hydrogen) atoms. The molecule has 2 amide bonds. The van der Waals surface area contributed by atoms with Crippen LogP contribution in [0.1, 0.15) is 23.2 Å². The van der Waals surface area contributed by atoms with Gasteiger partial charge in [0, 0.05) is 33.3 Å². The molecule has 1 fully saturated rings. The molecule has 1 heterocycles. The standard InChI is InChI=1S/C15H22N4O2/c1-17-14(20)10-6-7-11(16)13(9-10)19-8-4-5-12(19)15(21)18(2)3/h6-7,9,12H,4-5,8,16H2,1-3H3,(H,17,20). The zero-order valence-corrected chi connectivity index (χ0v) is 12.7. The van der Waals surface area contributed by atoms with E-state index in [2.05, 4.69) is 5.32 Å². The van der Waals surface area contributed by atoms with Crippen molar-refractivity contribution in [1.82, 2.24) is 10.2 Å². The molecule has 1 aliphatic heterocycles. The van der Waals surface area contributed by atoms with Crippen LogP contribution >= 0.6 is 0 Å². The van der Waals surface area contributed by atoms with Crippen LogP contribution in [0, 0.1) is 0 Å². The van der Waals surface area contributed by atoms with Crippen molar-refractivity contribution in [2.75, 3.05) is 38.3 Å². The summed E-state index contributed by atoms with van der Waals surface area (Å²) in [5.74, 6) is -0.0943. The lowest BCUT2D eigenvalue weighted by Crippen LogP contribution is -2.43. The summed E-state index contributed by atoms with van der Waals surface area (Å²) in [6.07, 6.45) is 1.74. The van der Waals surface area contributed by atoms with Gasteiger partial charge in [0.15, 0.2) is 0 Å². The van der Waals surface area contributed by atoms with Crippen LogP contribution in [-0.2, 0) is 4.79 Å². The fraction of sp³-hybridized carbons (Fsp3) is 0.467. The molecule has 1 atom stereocenters. The molecule has 1 aromatic rings. The highest BCUT2D eigenvalue weighted by Crippen LogP contribution is 2.32. The first kappa shape index (κ1) is 15.2. The molecule has 0 spiro atoms. The number of nitrogens with two attached hydrogens (primary N) is 1. The van der Waals surface area contributed by atoms with Crippen molar-refractivity contribution in [3.05, 3.63) is 23.8 Å². The number of hydrogen-bond acceptors (Lipinski definition) is 4. The highest BCUT2D eigenvalue weighted by Gasteiger charge is 2.33. The number of nitrogen functional groups attached to an aromatic ring is 1. The fourth-order valence-electron chi connectivity index (χ4n) is 2.69. The lowest BCUT2D eigenvalue weighted by atomic mass is 10.1. The molecule has 0 radical (unpaired) electrons. The lowest BCUT2D eigenvalue weighted by Gasteiger charge is -2.29. The molecule has 1 aromatic carbocycles. The van der Waals surface area contributed by atoms with Gasteiger partial charge in [0.2, 0.25) is 5.91 Å². The third kappa shape index (κ3) is 2.94. The first-order valence-electron chi connectivity index (χ1n) is 7.05. The predicted molar refractivity (Wildman–Crippen MR) is 83.3 cm³/mol. The van der Waals surface area contributed by atoms with E-state index in [1.165, 1.54) is 0 Å². The van der Waals surface area contributed by atoms with Crippen molar-refractivity contribution in [2.45, 2.75) is 18.9 Å². The number of nitrogens with one attached hydrogen (secondary N) is 1. The van der Waals surface area contributed by atoms with E-state index < -0.39 is 0 Å². The predicted octanol–water partition coefficient (Wildman–Crippen LogP) is 0.685. The minimum absolute atomic E-state index is 0.0669. The largest absolute Gasteiger partial charge is 0.397 e. The Morgan fingerprint density at radius 2 is 2.10 bits per heavy atom. The number of amides is 2. The maximum absolute atomic E-state index is 12.3. The average molecular weight is 290 g/mol. The van der Waals surface area contributed by atoms with Crippen molar-refractivity contribution in [3.8, 4) is 0 Å². The first-order valence-corrected chi connectivity index (χ1v) is 7.05. The smallest absolute Gasteiger partial charge is 0.251 e. The van der Waals surface area contributed by atoms with E-state index in [-0.39, 0.29) is 17.9 Å². The quantitative estimate of drug-likeness (QED) is 0.803. The maximum Gasteiger partial charge on any atom is 0.251 e. The summed E-state index contributed by atoms with van der Waals surface area (Å²) in [4.78, 5) is 27.7. The van der Waals surface area contributed by atoms with Crippen LogP contribution in [0.3, 0.4) is 0 Å². The van der Waals surface area contributed by atoms with Crippen LogP contribution in [0.4, 0.5) is 11.4 Å². The van der Waals surface area contributed by atoms with Gasteiger partial charge in [-0.15, -0.1) is 0 Å². The Morgan fingerprint density at radius 1 is 1.38 bits per heavy atom. The van der Waals surface area contributed by atoms with Crippen LogP contribution in [0.25, 0.3) is 0 Å². The molecular formula is C15H22N4O2. The number of anilines is 2. The number of rotatable bonds is 3. The summed E-state index contributed by atoms with van der Waals surface area (Å²) in [5.41, 5.74) is 7.94. The SMILES string of the molecule is CNC(=O)c1ccc(N)c(N2CCCC2C(=O)N(C)C)c1. The number of benzene rings is 1. The zero-order valence-electron chi connectivity index (χ0n) is 12.7. The number of nitrogens with zero attached hydrogens (tertiary/aromatic N) is 2. The van der Waals surface area contributed by atoms with Crippen LogP contribution in [0.15, 0.2) is 18.2 Å². The molecule has 1 saturated heterocycles. The van der Waals surface area contributed by atoms with Crippen LogP contribution in [0.2, 0.25) is 0 Å². The van der Waals surface area contributed by atoms with E-state index in [0.717, 1.165) is 25.1 Å². The minimum Gasteiger partial charge on any atom is -0.397 e. The first-order chi connectivity index (χ1) is 9.95. The van der Waals surface area contributed by atoms with Gasteiger partial charge in [0.05, 0.1) is 11.4 Å². The van der Waals surface area contributed by atoms with Gasteiger partial charge in [-0.1, -0.05) is 0 Å². The molecule has 3 N–H and O–H groups in total. The molecule has 1 unspecified atom stereocenters. The highest BCUT2D eigenvalue weighted by atomic mass is 16.2. The van der Waals surface area contributed by atoms with E-state index in [9.17, 15) is 9.59 Å². The fourth-order valence-corrected chi connectivity index (χ4v) is 2.69. The second-order valence-electron chi connectivity index (χ2n) is 5.44. The van der Waals surface area contributed by atoms with Gasteiger partial charge in [-0.25, -0.2) is 0 Å². The van der Waals surface area contributed by atoms with Crippen molar-refractivity contribution < 1.29 is 9.59 Å². The molecule has 0 bridgehead atoms. The summed E-state index contributed by atoms with van der Waals surface area (Å²) in [6.45, 7) is 0.769. The normalized spacial score (nSPS) is 17.7. The van der Waals surface area contributed by atoms with E-state index >= 15 is 0 Å². The van der Waals surface area contributed by atoms with Gasteiger partial charge < -0.3 is 20.9 Å². The number of likely N-dealkylation sites (N-methyl/N-ethyl adjacent to an activating group) is 1. The molecule has 1 aliphatic rings. The Bertz CT molecular complexity index is 557. The number of carbonyl (C=O) groups excluding carboxylic acids is 2. The van der Waals surface area contributed by atoms with Gasteiger partial charge >= 0.3 is 0 Å². The third-order valence-electron chi connectivity index (χ3n) is 3.81. The molecule has 0 aromatic heterocycles. The monoisotopic (exact) mass is 290 g/mol. The van der Waals surface area contributed by atoms with Crippen molar-refractivity contribution in [2.24, 2.45) is 0 Å². The summed E-state index contributed by atoms with van der Waals surface area (Å²) in [7, 11) is 5.10. The molecule has 0 saturated carbocycles. The molecular weight excluding hydrogens is 268 g/mol. The van der Waals surface area contributed by atoms with Gasteiger partial charge in [0.25, 0.3) is 5.91 Å². The lowest BCUT2D eigenvalue weighted by molar-refractivity contribution is -0.129. The summed E-state index contributed by atoms with van der Waals surface area (Å²) in [6, 6.07) is 4.96. The number of carbonyl (C=O) groups is 2. The maximum atomic E-state index is 12.3. The van der Waals surface area contributed by atoms with Gasteiger partial charge in [-0.2, -0.15) is 0 Å². The van der Waals surface area contributed by atoms with Gasteiger partial charge in [0.1, 0.15) is 6.04 Å². The Balaban J connectivity index is 2.36. The van der Waals surface area contributed by atoms with Crippen LogP contribution in [0.5, 0.6) is 0 Å². The molecule has 6 nitrogen and oxygen atoms in total. The van der Waals surface area contributed by atoms with E-state index in [4.69, 9.17) is 5.73 Å². The third-order valence-corrected chi connectivity index (χ3v) is 3.81. The topological polar surface area (TPSA) is 78.7 Å². The van der Waals surface area contributed by atoms with Crippen molar-refractivity contribution in [3.63, 3.8) is 0 Å². The Kier molecular flexibility index (Phi) is 4.35. The van der Waals surface area contributed by atoms with Gasteiger partial charge in [-0.05, 0) is 31.0 Å². The Labute approximate surface area is 124 Å². The Morgan fingerprint density at radius 3 is 2.71 bits per heavy atom. The molecule has 0 aliphatic carbocycles. The number of hydrogen-bond donors (Lipinski definition) is 2. The average Bonchev–Trinajstić information content (AvgIpc) is 2.95. The van der Waals surface area contributed by atoms with Crippen LogP contribution < -0.4 is 16.0 Å². The summed E-state index contributed by atoms with van der Waals surface area (Å²) < 4.78 is 0. The molecule has 2 rings (SSSR count). The van der Waals surface area contributed by atoms with Crippen LogP contribution in [-0.4, -0.2) is 50.4 Å². The Hall–Kier alpha value is -2.24. The molecule has 114 valence electrons. The van der Waals surface area contributed by atoms with Crippen molar-refractivity contribution >= 4 is 23.2 Å². The van der Waals surface area contributed by atoms with E-state index in [0.29, 0.717) is 11.3 Å². The zero-order chi connectivity index (χ0) is 15.6. The van der Waals surface area contributed by atoms with E-state index in [1.807, 2.05) is 4.90 Å². The molecule has 6 heteroatoms. The van der Waals surface area contributed by atoms with Crippen molar-refractivity contribution in [1.29, 1.82) is 0 Å². The summed E-state index contributed by atoms with van der Waals surface area (Å²) >= 11 is 0. The highest BCUT2D eigenvalue weighted by molar-refractivity contribution is 5.96. The summed E-state index contributed by atoms with van der Waals surface area (Å²) in [5, 5.41) is 2.60. The minimum atomic E-state index is -0.206. The van der Waals surface area contributed by atoms with Gasteiger partial charge in [-0.3, -0.25) is 9.59 Å². The second-order valence-corrected chi connectivity index (χ2v) is 5.44. The van der Waals surface area contributed by atoms with E-state index in [1.54, 1.807) is 44.2 Å². The second kappa shape index (κ2) is 6.03.